The number of esters is 4. The molecule has 3 heterocycles. The predicted molar refractivity (Wildman–Crippen MR) is 260 cm³/mol. The molecule has 2 aromatic carbocycles. The van der Waals surface area contributed by atoms with Gasteiger partial charge in [0.25, 0.3) is 0 Å². The number of carbonyl (C=O) groups is 5. The Labute approximate surface area is 426 Å². The number of carbonyl (C=O) groups excluding carboxylic acids is 5. The van der Waals surface area contributed by atoms with Crippen LogP contribution in [-0.4, -0.2) is 133 Å². The zero-order valence-corrected chi connectivity index (χ0v) is 44.1. The molecule has 5 fully saturated rings. The molecule has 1 N–H and O–H groups in total. The first-order chi connectivity index (χ1) is 34.3. The number of benzene rings is 2. The number of fused-ring (bicyclic) bond motifs is 3. The SMILES string of the molecule is C=CC1O[C@H]2CC3OC[C@@]3(OC(C)=O)[C@H]3[C@H](OC(=O)c4ccccc4)[C@]4(C(C)(C)O)C[C@H](OC(=O)[C@@H]5OC(c6ccc(OC)cc6OC)N(C(=O)OC(C)(C)C)[C@H]5CC(C)C)C(C)=C4[C@H](OC(C)=O)[C@H](O1)[C@]23C. The van der Waals surface area contributed by atoms with Gasteiger partial charge in [-0.2, -0.15) is 0 Å². The van der Waals surface area contributed by atoms with Crippen molar-refractivity contribution in [2.75, 3.05) is 20.8 Å². The molecule has 14 atom stereocenters. The van der Waals surface area contributed by atoms with Gasteiger partial charge >= 0.3 is 30.0 Å². The quantitative estimate of drug-likeness (QED) is 0.118. The van der Waals surface area contributed by atoms with Gasteiger partial charge in [-0.1, -0.05) is 45.5 Å². The van der Waals surface area contributed by atoms with Crippen molar-refractivity contribution in [3.63, 3.8) is 0 Å². The fourth-order valence-electron chi connectivity index (χ4n) is 12.8. The van der Waals surface area contributed by atoms with Crippen LogP contribution in [0.4, 0.5) is 4.79 Å². The van der Waals surface area contributed by atoms with Gasteiger partial charge in [0.15, 0.2) is 30.3 Å². The van der Waals surface area contributed by atoms with Crippen molar-refractivity contribution in [3.8, 4) is 11.5 Å². The molecule has 18 heteroatoms. The van der Waals surface area contributed by atoms with Gasteiger partial charge in [0.2, 0.25) is 0 Å². The Hall–Kier alpha value is -5.53. The molecule has 3 aliphatic carbocycles. The summed E-state index contributed by atoms with van der Waals surface area (Å²) in [5.41, 5.74) is -6.28. The van der Waals surface area contributed by atoms with E-state index in [-0.39, 0.29) is 42.9 Å². The molecule has 3 aliphatic heterocycles. The van der Waals surface area contributed by atoms with Crippen LogP contribution in [-0.2, 0) is 57.0 Å². The van der Waals surface area contributed by atoms with Gasteiger partial charge in [-0.15, -0.1) is 0 Å². The molecule has 3 unspecified atom stereocenters. The molecule has 0 bridgehead atoms. The maximum Gasteiger partial charge on any atom is 0.413 e. The Kier molecular flexibility index (Phi) is 14.5. The van der Waals surface area contributed by atoms with Crippen LogP contribution in [0.1, 0.15) is 118 Å². The molecule has 2 aromatic rings. The van der Waals surface area contributed by atoms with Crippen molar-refractivity contribution in [1.29, 1.82) is 0 Å². The number of amides is 1. The third kappa shape index (κ3) is 9.18. The monoisotopic (exact) mass is 1020 g/mol. The zero-order valence-electron chi connectivity index (χ0n) is 44.1. The van der Waals surface area contributed by atoms with Gasteiger partial charge in [-0.25, -0.2) is 14.4 Å². The largest absolute Gasteiger partial charge is 0.497 e. The number of methoxy groups -OCH3 is 2. The molecule has 398 valence electrons. The molecule has 0 spiro atoms. The second-order valence-electron chi connectivity index (χ2n) is 22.3. The second kappa shape index (κ2) is 19.6. The first kappa shape index (κ1) is 53.8. The third-order valence-corrected chi connectivity index (χ3v) is 15.7. The van der Waals surface area contributed by atoms with Crippen molar-refractivity contribution in [3.05, 3.63) is 83.5 Å². The van der Waals surface area contributed by atoms with Crippen LogP contribution in [0.15, 0.2) is 72.3 Å². The van der Waals surface area contributed by atoms with E-state index in [1.807, 2.05) is 20.8 Å². The lowest BCUT2D eigenvalue weighted by Crippen LogP contribution is -2.80. The lowest BCUT2D eigenvalue weighted by Gasteiger charge is -2.67. The summed E-state index contributed by atoms with van der Waals surface area (Å²) >= 11 is 0. The minimum absolute atomic E-state index is 0.0772. The molecule has 6 aliphatic rings. The van der Waals surface area contributed by atoms with Crippen molar-refractivity contribution in [2.45, 2.75) is 174 Å². The molecular weight excluding hydrogens is 947 g/mol. The van der Waals surface area contributed by atoms with Gasteiger partial charge in [0.05, 0.1) is 55.5 Å². The Bertz CT molecular complexity index is 2510. The summed E-state index contributed by atoms with van der Waals surface area (Å²) in [6.07, 6.45) is -9.45. The Morgan fingerprint density at radius 3 is 2.18 bits per heavy atom. The van der Waals surface area contributed by atoms with E-state index < -0.39 is 125 Å². The van der Waals surface area contributed by atoms with Crippen molar-refractivity contribution in [1.82, 2.24) is 4.90 Å². The summed E-state index contributed by atoms with van der Waals surface area (Å²) in [6, 6.07) is 12.4. The molecular formula is C55H71NO17. The molecule has 8 rings (SSSR count). The fraction of sp³-hybridized carbons (Fsp3) is 0.618. The lowest BCUT2D eigenvalue weighted by molar-refractivity contribution is -0.392. The molecule has 0 aromatic heterocycles. The maximum atomic E-state index is 15.4. The van der Waals surface area contributed by atoms with Crippen molar-refractivity contribution in [2.24, 2.45) is 22.7 Å². The Morgan fingerprint density at radius 2 is 1.62 bits per heavy atom. The van der Waals surface area contributed by atoms with Crippen LogP contribution in [0.5, 0.6) is 11.5 Å². The zero-order chi connectivity index (χ0) is 53.3. The molecule has 18 nitrogen and oxygen atoms in total. The summed E-state index contributed by atoms with van der Waals surface area (Å²) in [6.45, 7) is 22.2. The van der Waals surface area contributed by atoms with Crippen LogP contribution >= 0.6 is 0 Å². The number of rotatable bonds is 13. The maximum absolute atomic E-state index is 15.4. The van der Waals surface area contributed by atoms with Gasteiger partial charge in [0.1, 0.15) is 41.5 Å². The second-order valence-corrected chi connectivity index (χ2v) is 22.3. The van der Waals surface area contributed by atoms with Crippen LogP contribution in [0, 0.1) is 22.7 Å². The number of nitrogens with zero attached hydrogens (tertiary/aromatic N) is 1. The smallest absolute Gasteiger partial charge is 0.413 e. The summed E-state index contributed by atoms with van der Waals surface area (Å²) in [4.78, 5) is 73.2. The van der Waals surface area contributed by atoms with E-state index in [0.29, 0.717) is 22.6 Å². The summed E-state index contributed by atoms with van der Waals surface area (Å²) < 4.78 is 70.2. The topological polar surface area (TPSA) is 210 Å². The van der Waals surface area contributed by atoms with E-state index in [1.54, 1.807) is 90.1 Å². The number of hydrogen-bond donors (Lipinski definition) is 1. The van der Waals surface area contributed by atoms with E-state index in [0.717, 1.165) is 0 Å². The highest BCUT2D eigenvalue weighted by atomic mass is 16.7. The molecule has 1 amide bonds. The van der Waals surface area contributed by atoms with E-state index in [2.05, 4.69) is 6.58 Å². The summed E-state index contributed by atoms with van der Waals surface area (Å²) in [7, 11) is 2.98. The summed E-state index contributed by atoms with van der Waals surface area (Å²) in [5.74, 6) is -3.35. The minimum atomic E-state index is -1.93. The highest BCUT2D eigenvalue weighted by Gasteiger charge is 2.81. The van der Waals surface area contributed by atoms with Crippen molar-refractivity contribution < 1.29 is 81.2 Å². The van der Waals surface area contributed by atoms with Crippen LogP contribution in [0.2, 0.25) is 0 Å². The van der Waals surface area contributed by atoms with E-state index in [9.17, 15) is 24.3 Å². The highest BCUT2D eigenvalue weighted by Crippen LogP contribution is 2.70. The van der Waals surface area contributed by atoms with Crippen LogP contribution in [0.25, 0.3) is 0 Å². The normalized spacial score (nSPS) is 34.5. The van der Waals surface area contributed by atoms with E-state index >= 15 is 4.79 Å². The highest BCUT2D eigenvalue weighted by molar-refractivity contribution is 5.89. The molecule has 73 heavy (non-hydrogen) atoms. The van der Waals surface area contributed by atoms with E-state index in [4.69, 9.17) is 52.1 Å². The average Bonchev–Trinajstić information content (AvgIpc) is 3.80. The Balaban J connectivity index is 1.32. The predicted octanol–water partition coefficient (Wildman–Crippen LogP) is 7.34. The molecule has 0 radical (unpaired) electrons. The third-order valence-electron chi connectivity index (χ3n) is 15.7. The number of hydrogen-bond acceptors (Lipinski definition) is 17. The van der Waals surface area contributed by atoms with Gasteiger partial charge < -0.3 is 57.2 Å². The van der Waals surface area contributed by atoms with E-state index in [1.165, 1.54) is 39.0 Å². The fourth-order valence-corrected chi connectivity index (χ4v) is 12.8. The van der Waals surface area contributed by atoms with Gasteiger partial charge in [0, 0.05) is 43.7 Å². The van der Waals surface area contributed by atoms with Crippen LogP contribution < -0.4 is 9.47 Å². The van der Waals surface area contributed by atoms with Crippen LogP contribution in [0.3, 0.4) is 0 Å². The average molecular weight is 1020 g/mol. The first-order valence-electron chi connectivity index (χ1n) is 25.0. The number of ether oxygens (including phenoxy) is 11. The molecule has 3 saturated heterocycles. The Morgan fingerprint density at radius 1 is 0.918 bits per heavy atom. The standard InChI is InChI=1S/C55H71NO17/c1-15-40-68-38-25-39-55(27-65-39,72-31(6)58)44-46(71-48(59)32-19-17-16-18-20-32)54(52(10,11)62)26-37(29(4)41(54)43(66-30(5)57)45(69-40)53(38,44)12)67-49(60)42-35(23-28(2)3)56(50(61)73-51(7,8)9)47(70-42)34-22-21-33(63-13)24-36(34)64-14/h15-22,24,28,35,37-40,42-47,62H,1,23,25-27H2,2-14H3/t35-,37-,38-,39?,40?,42+,43-,44-,45-,46-,47?,53+,54-,55-/m0/s1. The number of aliphatic hydroxyl groups is 1. The first-order valence-corrected chi connectivity index (χ1v) is 25.0. The van der Waals surface area contributed by atoms with Crippen molar-refractivity contribution >= 4 is 30.0 Å². The van der Waals surface area contributed by atoms with Gasteiger partial charge in [-0.3, -0.25) is 14.5 Å². The summed E-state index contributed by atoms with van der Waals surface area (Å²) in [5, 5.41) is 13.2. The van der Waals surface area contributed by atoms with Gasteiger partial charge in [-0.05, 0) is 95.4 Å². The lowest BCUT2D eigenvalue weighted by atomic mass is 9.49. The molecule has 2 saturated carbocycles. The minimum Gasteiger partial charge on any atom is -0.497 e.